The van der Waals surface area contributed by atoms with Crippen LogP contribution in [0.3, 0.4) is 0 Å². The first kappa shape index (κ1) is 32.0. The number of aromatic hydroxyl groups is 1. The van der Waals surface area contributed by atoms with Gasteiger partial charge in [0, 0.05) is 24.2 Å². The second-order valence-corrected chi connectivity index (χ2v) is 17.8. The van der Waals surface area contributed by atoms with Gasteiger partial charge in [-0.1, -0.05) is 68.4 Å². The molecule has 226 valence electrons. The molecule has 0 saturated heterocycles. The highest BCUT2D eigenvalue weighted by Gasteiger charge is 2.40. The summed E-state index contributed by atoms with van der Waals surface area (Å²) >= 11 is 0. The van der Waals surface area contributed by atoms with E-state index in [9.17, 15) is 19.8 Å². The van der Waals surface area contributed by atoms with Crippen molar-refractivity contribution in [2.75, 3.05) is 6.54 Å². The maximum atomic E-state index is 12.8. The minimum atomic E-state index is -2.44. The molecule has 42 heavy (non-hydrogen) atoms. The third-order valence-corrected chi connectivity index (χ3v) is 12.7. The van der Waals surface area contributed by atoms with Gasteiger partial charge < -0.3 is 25.6 Å². The Morgan fingerprint density at radius 1 is 1.00 bits per heavy atom. The summed E-state index contributed by atoms with van der Waals surface area (Å²) in [5.41, 5.74) is 6.42. The smallest absolute Gasteiger partial charge is 0.224 e. The number of fused-ring (bicyclic) bond motifs is 1. The van der Waals surface area contributed by atoms with Gasteiger partial charge in [-0.25, -0.2) is 0 Å². The third-order valence-electron chi connectivity index (χ3n) is 9.19. The molecule has 0 aromatic heterocycles. The lowest BCUT2D eigenvalue weighted by molar-refractivity contribution is -0.121. The molecule has 0 heterocycles. The lowest BCUT2D eigenvalue weighted by Gasteiger charge is -2.38. The minimum Gasteiger partial charge on any atom is -0.508 e. The van der Waals surface area contributed by atoms with Crippen LogP contribution < -0.4 is 10.6 Å². The summed E-state index contributed by atoms with van der Waals surface area (Å²) in [5, 5.41) is 26.5. The molecule has 7 heteroatoms. The Morgan fingerprint density at radius 2 is 1.67 bits per heavy atom. The number of hydrogen-bond donors (Lipinski definition) is 5. The van der Waals surface area contributed by atoms with Crippen LogP contribution in [0.4, 0.5) is 0 Å². The Balaban J connectivity index is 1.35. The Hall–Kier alpha value is -2.97. The molecule has 0 fully saturated rings. The van der Waals surface area contributed by atoms with E-state index in [1.165, 1.54) is 16.7 Å². The quantitative estimate of drug-likeness (QED) is 0.173. The molecule has 0 saturated carbocycles. The predicted octanol–water partition coefficient (Wildman–Crippen LogP) is 5.38. The number of aliphatic hydroxyl groups excluding tert-OH is 1. The molecule has 2 atom stereocenters. The number of carbonyl (C=O) groups excluding carboxylic acids is 1. The van der Waals surface area contributed by atoms with Crippen molar-refractivity contribution in [1.29, 1.82) is 0 Å². The molecule has 3 aromatic carbocycles. The van der Waals surface area contributed by atoms with E-state index < -0.39 is 8.32 Å². The van der Waals surface area contributed by atoms with Crippen LogP contribution in [0.2, 0.25) is 18.1 Å². The number of aliphatic hydroxyl groups is 1. The summed E-state index contributed by atoms with van der Waals surface area (Å²) in [6.07, 6.45) is 3.77. The van der Waals surface area contributed by atoms with E-state index >= 15 is 0 Å². The third kappa shape index (κ3) is 8.31. The zero-order valence-corrected chi connectivity index (χ0v) is 26.8. The Bertz CT molecular complexity index is 1340. The van der Waals surface area contributed by atoms with E-state index in [1.807, 2.05) is 37.4 Å². The molecular weight excluding hydrogens is 540 g/mol. The van der Waals surface area contributed by atoms with Gasteiger partial charge in [0.25, 0.3) is 0 Å². The molecule has 0 bridgehead atoms. The summed E-state index contributed by atoms with van der Waals surface area (Å²) in [4.78, 5) is 23.8. The van der Waals surface area contributed by atoms with Crippen LogP contribution in [-0.4, -0.2) is 47.9 Å². The summed E-state index contributed by atoms with van der Waals surface area (Å²) in [7, 11) is -2.44. The molecule has 1 aliphatic rings. The number of amides is 1. The second-order valence-electron chi connectivity index (χ2n) is 13.3. The molecule has 0 unspecified atom stereocenters. The van der Waals surface area contributed by atoms with Crippen molar-refractivity contribution >= 4 is 14.2 Å². The Labute approximate surface area is 252 Å². The molecule has 0 aliphatic heterocycles. The lowest BCUT2D eigenvalue weighted by atomic mass is 9.88. The topological polar surface area (TPSA) is 102 Å². The van der Waals surface area contributed by atoms with Crippen molar-refractivity contribution in [2.24, 2.45) is 0 Å². The van der Waals surface area contributed by atoms with Crippen LogP contribution in [0.5, 0.6) is 5.75 Å². The van der Waals surface area contributed by atoms with Crippen molar-refractivity contribution in [3.63, 3.8) is 0 Å². The van der Waals surface area contributed by atoms with E-state index in [1.54, 1.807) is 6.07 Å². The van der Waals surface area contributed by atoms with Gasteiger partial charge in [-0.2, -0.15) is 0 Å². The van der Waals surface area contributed by atoms with E-state index in [0.717, 1.165) is 36.8 Å². The monoisotopic (exact) mass is 588 g/mol. The average molecular weight is 589 g/mol. The van der Waals surface area contributed by atoms with Crippen molar-refractivity contribution < 1.29 is 19.8 Å². The van der Waals surface area contributed by atoms with Gasteiger partial charge in [0.15, 0.2) is 8.32 Å². The van der Waals surface area contributed by atoms with Gasteiger partial charge in [-0.3, -0.25) is 4.79 Å². The molecule has 0 radical (unpaired) electrons. The molecule has 1 aliphatic carbocycles. The Morgan fingerprint density at radius 3 is 2.31 bits per heavy atom. The average Bonchev–Trinajstić information content (AvgIpc) is 3.33. The summed E-state index contributed by atoms with van der Waals surface area (Å²) in [6, 6.07) is 22.5. The van der Waals surface area contributed by atoms with Gasteiger partial charge in [0.05, 0.1) is 13.0 Å². The molecule has 0 spiro atoms. The van der Waals surface area contributed by atoms with Crippen LogP contribution in [0.15, 0.2) is 66.7 Å². The minimum absolute atomic E-state index is 0.0630. The van der Waals surface area contributed by atoms with Gasteiger partial charge in [-0.05, 0) is 96.6 Å². The first-order valence-electron chi connectivity index (χ1n) is 15.2. The fourth-order valence-electron chi connectivity index (χ4n) is 5.92. The highest BCUT2D eigenvalue weighted by Crippen LogP contribution is 2.44. The van der Waals surface area contributed by atoms with Crippen molar-refractivity contribution in [3.05, 3.63) is 100 Å². The van der Waals surface area contributed by atoms with Gasteiger partial charge in [0.1, 0.15) is 5.75 Å². The normalized spacial score (nSPS) is 15.3. The van der Waals surface area contributed by atoms with Crippen molar-refractivity contribution in [2.45, 2.75) is 95.6 Å². The molecular formula is C35H48N2O4Si. The van der Waals surface area contributed by atoms with Crippen LogP contribution in [0, 0.1) is 0 Å². The van der Waals surface area contributed by atoms with E-state index in [4.69, 9.17) is 0 Å². The van der Waals surface area contributed by atoms with Crippen LogP contribution in [0.1, 0.15) is 66.5 Å². The molecule has 3 aromatic rings. The second kappa shape index (κ2) is 13.6. The first-order valence-corrected chi connectivity index (χ1v) is 18.1. The molecule has 6 nitrogen and oxygen atoms in total. The largest absolute Gasteiger partial charge is 0.508 e. The fourth-order valence-corrected chi connectivity index (χ4v) is 6.67. The van der Waals surface area contributed by atoms with Gasteiger partial charge in [-0.15, -0.1) is 0 Å². The highest BCUT2D eigenvalue weighted by atomic mass is 28.4. The maximum Gasteiger partial charge on any atom is 0.224 e. The lowest BCUT2D eigenvalue weighted by Crippen LogP contribution is -2.41. The highest BCUT2D eigenvalue weighted by molar-refractivity contribution is 6.72. The predicted molar refractivity (Wildman–Crippen MR) is 172 cm³/mol. The SMILES string of the molecule is C[C@H](Cc1cccc(CC(=O)NC2Cc3ccccc3C2)c1)NC[C@H](CC(C)(C)[Si](C)(C)O)c1ccc(O)c(CO)c1. The van der Waals surface area contributed by atoms with Gasteiger partial charge in [0.2, 0.25) is 5.91 Å². The van der Waals surface area contributed by atoms with Crippen molar-refractivity contribution in [3.8, 4) is 5.75 Å². The van der Waals surface area contributed by atoms with E-state index in [2.05, 4.69) is 67.8 Å². The maximum absolute atomic E-state index is 12.8. The van der Waals surface area contributed by atoms with Crippen LogP contribution >= 0.6 is 0 Å². The van der Waals surface area contributed by atoms with E-state index in [0.29, 0.717) is 18.5 Å². The number of rotatable bonds is 13. The summed E-state index contributed by atoms with van der Waals surface area (Å²) in [5.74, 6) is 0.261. The van der Waals surface area contributed by atoms with Crippen LogP contribution in [-0.2, 0) is 37.1 Å². The number of benzene rings is 3. The number of phenols is 1. The zero-order chi connectivity index (χ0) is 30.5. The molecule has 1 amide bonds. The number of hydrogen-bond acceptors (Lipinski definition) is 5. The fraction of sp³-hybridized carbons (Fsp3) is 0.457. The summed E-state index contributed by atoms with van der Waals surface area (Å²) in [6.45, 7) is 10.9. The molecule has 5 N–H and O–H groups in total. The van der Waals surface area contributed by atoms with Gasteiger partial charge >= 0.3 is 0 Å². The zero-order valence-electron chi connectivity index (χ0n) is 25.8. The standard InChI is InChI=1S/C35H48N2O4Si/c1-24(36-22-31(21-35(2,3)42(4,5)41)29-13-14-33(39)30(18-29)23-38)15-25-9-8-10-26(16-25)17-34(40)37-32-19-27-11-6-7-12-28(27)20-32/h6-14,16,18,24,31-32,36,38-39,41H,15,17,19-23H2,1-5H3,(H,37,40)/t24-,31+/m1/s1. The Kier molecular flexibility index (Phi) is 10.3. The number of nitrogens with one attached hydrogen (secondary N) is 2. The summed E-state index contributed by atoms with van der Waals surface area (Å²) < 4.78 is 0. The van der Waals surface area contributed by atoms with E-state index in [-0.39, 0.29) is 41.3 Å². The number of carbonyl (C=O) groups is 1. The molecule has 4 rings (SSSR count). The van der Waals surface area contributed by atoms with Crippen LogP contribution in [0.25, 0.3) is 0 Å². The first-order chi connectivity index (χ1) is 19.8. The van der Waals surface area contributed by atoms with Crippen molar-refractivity contribution in [1.82, 2.24) is 10.6 Å².